The van der Waals surface area contributed by atoms with Crippen molar-refractivity contribution in [3.05, 3.63) is 52.2 Å². The minimum Gasteiger partial charge on any atom is -0.302 e. The van der Waals surface area contributed by atoms with E-state index < -0.39 is 4.92 Å². The van der Waals surface area contributed by atoms with Crippen molar-refractivity contribution in [3.8, 4) is 0 Å². The van der Waals surface area contributed by atoms with Crippen LogP contribution in [0.3, 0.4) is 0 Å². The molecule has 1 atom stereocenters. The molecule has 6 nitrogen and oxygen atoms in total. The third kappa shape index (κ3) is 3.61. The summed E-state index contributed by atoms with van der Waals surface area (Å²) in [7, 11) is 0. The molecule has 1 heterocycles. The van der Waals surface area contributed by atoms with Crippen LogP contribution in [-0.2, 0) is 4.79 Å². The predicted molar refractivity (Wildman–Crippen MR) is 76.9 cm³/mol. The van der Waals surface area contributed by atoms with Crippen LogP contribution in [0, 0.1) is 10.1 Å². The van der Waals surface area contributed by atoms with E-state index in [1.165, 1.54) is 0 Å². The molecule has 1 aromatic carbocycles. The van der Waals surface area contributed by atoms with Gasteiger partial charge in [-0.1, -0.05) is 37.3 Å². The molecule has 104 valence electrons. The van der Waals surface area contributed by atoms with Gasteiger partial charge in [-0.15, -0.1) is 0 Å². The second-order valence-corrected chi connectivity index (χ2v) is 5.33. The summed E-state index contributed by atoms with van der Waals surface area (Å²) in [4.78, 5) is 25.7. The minimum absolute atomic E-state index is 0.0751. The van der Waals surface area contributed by atoms with Crippen LogP contribution in [0.5, 0.6) is 0 Å². The SMILES string of the molecule is C[C@@H](CC(=O)Nc1ncc([N+](=O)[O-])s1)c1ccccc1. The zero-order valence-electron chi connectivity index (χ0n) is 10.8. The van der Waals surface area contributed by atoms with Gasteiger partial charge < -0.3 is 5.32 Å². The van der Waals surface area contributed by atoms with E-state index in [1.807, 2.05) is 37.3 Å². The van der Waals surface area contributed by atoms with E-state index in [2.05, 4.69) is 10.3 Å². The molecule has 2 rings (SSSR count). The molecular weight excluding hydrogens is 278 g/mol. The minimum atomic E-state index is -0.528. The van der Waals surface area contributed by atoms with Gasteiger partial charge in [-0.2, -0.15) is 0 Å². The van der Waals surface area contributed by atoms with Crippen LogP contribution < -0.4 is 5.32 Å². The molecule has 0 unspecified atom stereocenters. The van der Waals surface area contributed by atoms with E-state index in [0.717, 1.165) is 23.1 Å². The van der Waals surface area contributed by atoms with Crippen molar-refractivity contribution in [3.63, 3.8) is 0 Å². The maximum Gasteiger partial charge on any atom is 0.345 e. The number of carbonyl (C=O) groups excluding carboxylic acids is 1. The number of aromatic nitrogens is 1. The van der Waals surface area contributed by atoms with Crippen molar-refractivity contribution in [2.45, 2.75) is 19.3 Å². The highest BCUT2D eigenvalue weighted by atomic mass is 32.1. The van der Waals surface area contributed by atoms with Gasteiger partial charge in [-0.3, -0.25) is 14.9 Å². The molecule has 1 N–H and O–H groups in total. The Morgan fingerprint density at radius 2 is 2.15 bits per heavy atom. The van der Waals surface area contributed by atoms with Gasteiger partial charge in [-0.05, 0) is 22.8 Å². The van der Waals surface area contributed by atoms with Gasteiger partial charge in [0.2, 0.25) is 5.91 Å². The fourth-order valence-corrected chi connectivity index (χ4v) is 2.40. The lowest BCUT2D eigenvalue weighted by molar-refractivity contribution is -0.380. The van der Waals surface area contributed by atoms with Crippen molar-refractivity contribution in [1.82, 2.24) is 4.98 Å². The number of nitrogens with one attached hydrogen (secondary N) is 1. The second-order valence-electron chi connectivity index (χ2n) is 4.32. The molecule has 0 radical (unpaired) electrons. The summed E-state index contributed by atoms with van der Waals surface area (Å²) >= 11 is 0.850. The first-order chi connectivity index (χ1) is 9.56. The Labute approximate surface area is 119 Å². The number of anilines is 1. The summed E-state index contributed by atoms with van der Waals surface area (Å²) in [5.74, 6) is -0.128. The molecule has 1 aromatic heterocycles. The number of hydrogen-bond donors (Lipinski definition) is 1. The fourth-order valence-electron chi connectivity index (χ4n) is 1.76. The maximum atomic E-state index is 11.9. The van der Waals surface area contributed by atoms with Crippen LogP contribution in [0.15, 0.2) is 36.5 Å². The van der Waals surface area contributed by atoms with Gasteiger partial charge in [0.25, 0.3) is 0 Å². The zero-order chi connectivity index (χ0) is 14.5. The molecule has 0 fully saturated rings. The van der Waals surface area contributed by atoms with Gasteiger partial charge in [0, 0.05) is 6.42 Å². The smallest absolute Gasteiger partial charge is 0.302 e. The average molecular weight is 291 g/mol. The Kier molecular flexibility index (Phi) is 4.41. The predicted octanol–water partition coefficient (Wildman–Crippen LogP) is 3.18. The Morgan fingerprint density at radius 3 is 2.75 bits per heavy atom. The van der Waals surface area contributed by atoms with Crippen LogP contribution >= 0.6 is 11.3 Å². The molecule has 7 heteroatoms. The van der Waals surface area contributed by atoms with E-state index in [4.69, 9.17) is 0 Å². The summed E-state index contributed by atoms with van der Waals surface area (Å²) in [5.41, 5.74) is 1.08. The van der Waals surface area contributed by atoms with Crippen molar-refractivity contribution in [2.75, 3.05) is 5.32 Å². The van der Waals surface area contributed by atoms with Crippen molar-refractivity contribution >= 4 is 27.4 Å². The number of amides is 1. The van der Waals surface area contributed by atoms with Crippen molar-refractivity contribution in [1.29, 1.82) is 0 Å². The number of rotatable bonds is 5. The largest absolute Gasteiger partial charge is 0.345 e. The third-order valence-corrected chi connectivity index (χ3v) is 3.64. The normalized spacial score (nSPS) is 11.8. The summed E-state index contributed by atoms with van der Waals surface area (Å²) in [6.45, 7) is 1.96. The van der Waals surface area contributed by atoms with Gasteiger partial charge in [0.15, 0.2) is 5.13 Å². The van der Waals surface area contributed by atoms with Crippen LogP contribution in [0.25, 0.3) is 0 Å². The van der Waals surface area contributed by atoms with Crippen molar-refractivity contribution < 1.29 is 9.72 Å². The van der Waals surface area contributed by atoms with Crippen LogP contribution in [-0.4, -0.2) is 15.8 Å². The first-order valence-electron chi connectivity index (χ1n) is 6.01. The highest BCUT2D eigenvalue weighted by Crippen LogP contribution is 2.26. The Morgan fingerprint density at radius 1 is 1.45 bits per heavy atom. The summed E-state index contributed by atoms with van der Waals surface area (Å²) in [6.07, 6.45) is 1.44. The van der Waals surface area contributed by atoms with Crippen LogP contribution in [0.2, 0.25) is 0 Å². The molecule has 0 aliphatic carbocycles. The van der Waals surface area contributed by atoms with Gasteiger partial charge in [0.1, 0.15) is 6.20 Å². The van der Waals surface area contributed by atoms with E-state index in [9.17, 15) is 14.9 Å². The number of thiazole rings is 1. The summed E-state index contributed by atoms with van der Waals surface area (Å²) in [5, 5.41) is 13.3. The molecule has 0 saturated carbocycles. The first kappa shape index (κ1) is 14.1. The van der Waals surface area contributed by atoms with Gasteiger partial charge in [0.05, 0.1) is 4.92 Å². The van der Waals surface area contributed by atoms with Gasteiger partial charge in [-0.25, -0.2) is 4.98 Å². The average Bonchev–Trinajstić information content (AvgIpc) is 2.88. The Balaban J connectivity index is 1.93. The molecule has 0 saturated heterocycles. The lowest BCUT2D eigenvalue weighted by Crippen LogP contribution is -2.14. The van der Waals surface area contributed by atoms with E-state index >= 15 is 0 Å². The number of carbonyl (C=O) groups is 1. The molecule has 0 spiro atoms. The topological polar surface area (TPSA) is 85.1 Å². The number of hydrogen-bond acceptors (Lipinski definition) is 5. The maximum absolute atomic E-state index is 11.9. The summed E-state index contributed by atoms with van der Waals surface area (Å²) in [6, 6.07) is 9.70. The molecular formula is C13H13N3O3S. The van der Waals surface area contributed by atoms with E-state index in [0.29, 0.717) is 6.42 Å². The molecule has 20 heavy (non-hydrogen) atoms. The quantitative estimate of drug-likeness (QED) is 0.677. The number of benzene rings is 1. The summed E-state index contributed by atoms with van der Waals surface area (Å²) < 4.78 is 0. The first-order valence-corrected chi connectivity index (χ1v) is 6.83. The third-order valence-electron chi connectivity index (χ3n) is 2.78. The highest BCUT2D eigenvalue weighted by molar-refractivity contribution is 7.18. The van der Waals surface area contributed by atoms with Gasteiger partial charge >= 0.3 is 5.00 Å². The second kappa shape index (κ2) is 6.25. The van der Waals surface area contributed by atoms with Crippen LogP contribution in [0.1, 0.15) is 24.8 Å². The monoisotopic (exact) mass is 291 g/mol. The number of nitro groups is 1. The fraction of sp³-hybridized carbons (Fsp3) is 0.231. The lowest BCUT2D eigenvalue weighted by Gasteiger charge is -2.10. The lowest BCUT2D eigenvalue weighted by atomic mass is 9.98. The standard InChI is InChI=1S/C13H13N3O3S/c1-9(10-5-3-2-4-6-10)7-11(17)15-13-14-8-12(20-13)16(18)19/h2-6,8-9H,7H2,1H3,(H,14,15,17)/t9-/m0/s1. The zero-order valence-corrected chi connectivity index (χ0v) is 11.6. The van der Waals surface area contributed by atoms with Crippen molar-refractivity contribution in [2.24, 2.45) is 0 Å². The molecule has 0 bridgehead atoms. The Bertz CT molecular complexity index is 612. The van der Waals surface area contributed by atoms with Crippen LogP contribution in [0.4, 0.5) is 10.1 Å². The highest BCUT2D eigenvalue weighted by Gasteiger charge is 2.15. The molecule has 0 aliphatic rings. The van der Waals surface area contributed by atoms with E-state index in [-0.39, 0.29) is 22.0 Å². The Hall–Kier alpha value is -2.28. The molecule has 1 amide bonds. The molecule has 2 aromatic rings. The van der Waals surface area contributed by atoms with E-state index in [1.54, 1.807) is 0 Å². The number of nitrogens with zero attached hydrogens (tertiary/aromatic N) is 2. The molecule has 0 aliphatic heterocycles.